The highest BCUT2D eigenvalue weighted by molar-refractivity contribution is 5.01. The Bertz CT molecular complexity index is 248. The van der Waals surface area contributed by atoms with Crippen LogP contribution in [0.25, 0.3) is 0 Å². The van der Waals surface area contributed by atoms with Crippen molar-refractivity contribution in [3.63, 3.8) is 0 Å². The fraction of sp³-hybridized carbons (Fsp3) is 0.867. The van der Waals surface area contributed by atoms with Crippen LogP contribution in [0, 0.1) is 23.7 Å². The van der Waals surface area contributed by atoms with Gasteiger partial charge in [0.1, 0.15) is 0 Å². The second-order valence-corrected chi connectivity index (χ2v) is 6.30. The topological polar surface area (TPSA) is 21.3 Å². The van der Waals surface area contributed by atoms with Gasteiger partial charge in [-0.15, -0.1) is 0 Å². The Kier molecular flexibility index (Phi) is 3.41. The van der Waals surface area contributed by atoms with E-state index < -0.39 is 0 Å². The standard InChI is InChI=1S/C15H25NO/c1-2-17-5-3-4-16-15-13-7-11-6-12(9-13)10-14(15)8-11/h2,11-16H,1,3-10H2. The maximum Gasteiger partial charge on any atom is 0.0885 e. The Labute approximate surface area is 105 Å². The average Bonchev–Trinajstić information content (AvgIpc) is 2.31. The highest BCUT2D eigenvalue weighted by Crippen LogP contribution is 2.53. The van der Waals surface area contributed by atoms with E-state index in [1.54, 1.807) is 12.7 Å². The molecule has 96 valence electrons. The average molecular weight is 235 g/mol. The zero-order valence-corrected chi connectivity index (χ0v) is 10.7. The summed E-state index contributed by atoms with van der Waals surface area (Å²) in [4.78, 5) is 0. The van der Waals surface area contributed by atoms with E-state index in [2.05, 4.69) is 11.9 Å². The molecule has 0 heterocycles. The van der Waals surface area contributed by atoms with Gasteiger partial charge < -0.3 is 10.1 Å². The molecule has 4 aliphatic rings. The third-order valence-electron chi connectivity index (χ3n) is 5.16. The molecule has 0 aliphatic heterocycles. The Balaban J connectivity index is 1.46. The quantitative estimate of drug-likeness (QED) is 0.564. The van der Waals surface area contributed by atoms with Crippen LogP contribution < -0.4 is 5.32 Å². The van der Waals surface area contributed by atoms with E-state index in [0.717, 1.165) is 49.3 Å². The van der Waals surface area contributed by atoms with Crippen molar-refractivity contribution in [3.8, 4) is 0 Å². The predicted molar refractivity (Wildman–Crippen MR) is 69.6 cm³/mol. The fourth-order valence-electron chi connectivity index (χ4n) is 4.77. The first kappa shape index (κ1) is 11.6. The molecule has 0 amide bonds. The Morgan fingerprint density at radius 3 is 2.29 bits per heavy atom. The maximum atomic E-state index is 5.16. The van der Waals surface area contributed by atoms with Crippen LogP contribution in [-0.2, 0) is 4.74 Å². The number of hydrogen-bond acceptors (Lipinski definition) is 2. The molecule has 1 N–H and O–H groups in total. The van der Waals surface area contributed by atoms with Crippen molar-refractivity contribution in [1.82, 2.24) is 5.32 Å². The highest BCUT2D eigenvalue weighted by atomic mass is 16.5. The van der Waals surface area contributed by atoms with E-state index in [-0.39, 0.29) is 0 Å². The summed E-state index contributed by atoms with van der Waals surface area (Å²) in [6.07, 6.45) is 10.2. The summed E-state index contributed by atoms with van der Waals surface area (Å²) >= 11 is 0. The Morgan fingerprint density at radius 1 is 1.06 bits per heavy atom. The molecule has 17 heavy (non-hydrogen) atoms. The molecule has 4 fully saturated rings. The van der Waals surface area contributed by atoms with Crippen molar-refractivity contribution in [1.29, 1.82) is 0 Å². The smallest absolute Gasteiger partial charge is 0.0885 e. The molecule has 2 heteroatoms. The first-order chi connectivity index (χ1) is 8.36. The highest BCUT2D eigenvalue weighted by Gasteiger charge is 2.47. The number of nitrogens with one attached hydrogen (secondary N) is 1. The number of hydrogen-bond donors (Lipinski definition) is 1. The zero-order chi connectivity index (χ0) is 11.7. The molecule has 4 saturated carbocycles. The van der Waals surface area contributed by atoms with E-state index in [0.29, 0.717) is 0 Å². The lowest BCUT2D eigenvalue weighted by Crippen LogP contribution is -2.54. The van der Waals surface area contributed by atoms with Crippen LogP contribution in [0.4, 0.5) is 0 Å². The summed E-state index contributed by atoms with van der Waals surface area (Å²) in [6, 6.07) is 0.825. The largest absolute Gasteiger partial charge is 0.502 e. The van der Waals surface area contributed by atoms with Gasteiger partial charge in [0, 0.05) is 6.04 Å². The van der Waals surface area contributed by atoms with E-state index in [1.807, 2.05) is 0 Å². The normalized spacial score (nSPS) is 42.7. The molecule has 0 unspecified atom stereocenters. The molecule has 0 aromatic heterocycles. The van der Waals surface area contributed by atoms with Crippen molar-refractivity contribution < 1.29 is 4.74 Å². The van der Waals surface area contributed by atoms with Crippen LogP contribution in [0.15, 0.2) is 12.8 Å². The van der Waals surface area contributed by atoms with Gasteiger partial charge in [0.05, 0.1) is 12.9 Å². The van der Waals surface area contributed by atoms with Crippen molar-refractivity contribution in [2.24, 2.45) is 23.7 Å². The van der Waals surface area contributed by atoms with Crippen LogP contribution in [0.5, 0.6) is 0 Å². The van der Waals surface area contributed by atoms with E-state index >= 15 is 0 Å². The molecule has 0 saturated heterocycles. The van der Waals surface area contributed by atoms with Gasteiger partial charge in [-0.1, -0.05) is 6.58 Å². The van der Waals surface area contributed by atoms with Crippen LogP contribution in [0.2, 0.25) is 0 Å². The van der Waals surface area contributed by atoms with Gasteiger partial charge in [0.15, 0.2) is 0 Å². The minimum absolute atomic E-state index is 0.809. The summed E-state index contributed by atoms with van der Waals surface area (Å²) in [5.74, 6) is 4.15. The monoisotopic (exact) mass is 235 g/mol. The molecule has 0 radical (unpaired) electrons. The summed E-state index contributed by atoms with van der Waals surface area (Å²) in [7, 11) is 0. The lowest BCUT2D eigenvalue weighted by molar-refractivity contribution is -0.0139. The van der Waals surface area contributed by atoms with Gasteiger partial charge in [-0.3, -0.25) is 0 Å². The molecule has 0 aromatic rings. The van der Waals surface area contributed by atoms with Crippen molar-refractivity contribution in [2.75, 3.05) is 13.2 Å². The van der Waals surface area contributed by atoms with Crippen molar-refractivity contribution in [3.05, 3.63) is 12.8 Å². The van der Waals surface area contributed by atoms with E-state index in [1.165, 1.54) is 25.7 Å². The molecule has 4 bridgehead atoms. The second-order valence-electron chi connectivity index (χ2n) is 6.30. The summed E-state index contributed by atoms with van der Waals surface area (Å²) in [6.45, 7) is 5.49. The first-order valence-corrected chi connectivity index (χ1v) is 7.32. The Morgan fingerprint density at radius 2 is 1.71 bits per heavy atom. The molecule has 0 aromatic carbocycles. The van der Waals surface area contributed by atoms with Crippen LogP contribution in [-0.4, -0.2) is 19.2 Å². The van der Waals surface area contributed by atoms with Gasteiger partial charge in [-0.2, -0.15) is 0 Å². The van der Waals surface area contributed by atoms with Crippen LogP contribution in [0.1, 0.15) is 38.5 Å². The predicted octanol–water partition coefficient (Wildman–Crippen LogP) is 2.95. The van der Waals surface area contributed by atoms with Crippen LogP contribution in [0.3, 0.4) is 0 Å². The van der Waals surface area contributed by atoms with Gasteiger partial charge in [-0.25, -0.2) is 0 Å². The SMILES string of the molecule is C=COCCCNC1C2CC3CC(C2)CC1C3. The summed E-state index contributed by atoms with van der Waals surface area (Å²) in [5.41, 5.74) is 0. The minimum atomic E-state index is 0.809. The molecule has 0 spiro atoms. The van der Waals surface area contributed by atoms with E-state index in [9.17, 15) is 0 Å². The molecule has 2 nitrogen and oxygen atoms in total. The Hall–Kier alpha value is -0.500. The third kappa shape index (κ3) is 2.37. The lowest BCUT2D eigenvalue weighted by Gasteiger charge is -2.54. The van der Waals surface area contributed by atoms with E-state index in [4.69, 9.17) is 4.74 Å². The molecule has 0 atom stereocenters. The molecule has 4 aliphatic carbocycles. The minimum Gasteiger partial charge on any atom is -0.502 e. The van der Waals surface area contributed by atoms with Crippen LogP contribution >= 0.6 is 0 Å². The maximum absolute atomic E-state index is 5.16. The summed E-state index contributed by atoms with van der Waals surface area (Å²) < 4.78 is 5.16. The summed E-state index contributed by atoms with van der Waals surface area (Å²) in [5, 5.41) is 3.81. The van der Waals surface area contributed by atoms with Gasteiger partial charge in [0.2, 0.25) is 0 Å². The van der Waals surface area contributed by atoms with Crippen molar-refractivity contribution in [2.45, 2.75) is 44.6 Å². The van der Waals surface area contributed by atoms with Gasteiger partial charge >= 0.3 is 0 Å². The first-order valence-electron chi connectivity index (χ1n) is 7.32. The number of ether oxygens (including phenoxy) is 1. The second kappa shape index (κ2) is 5.01. The lowest BCUT2D eigenvalue weighted by atomic mass is 9.54. The zero-order valence-electron chi connectivity index (χ0n) is 10.7. The van der Waals surface area contributed by atoms with Gasteiger partial charge in [0.25, 0.3) is 0 Å². The third-order valence-corrected chi connectivity index (χ3v) is 5.16. The molecule has 4 rings (SSSR count). The van der Waals surface area contributed by atoms with Crippen molar-refractivity contribution >= 4 is 0 Å². The van der Waals surface area contributed by atoms with Gasteiger partial charge in [-0.05, 0) is 68.7 Å². The fourth-order valence-corrected chi connectivity index (χ4v) is 4.77. The molecular weight excluding hydrogens is 210 g/mol. The number of rotatable bonds is 6. The molecular formula is C15H25NO.